The van der Waals surface area contributed by atoms with Crippen LogP contribution in [0.4, 0.5) is 0 Å². The van der Waals surface area contributed by atoms with Gasteiger partial charge in [0.2, 0.25) is 0 Å². The van der Waals surface area contributed by atoms with Crippen molar-refractivity contribution in [1.82, 2.24) is 0 Å². The molecule has 1 rings (SSSR count). The molecule has 0 amide bonds. The summed E-state index contributed by atoms with van der Waals surface area (Å²) < 4.78 is 15.2. The van der Waals surface area contributed by atoms with E-state index < -0.39 is 0 Å². The minimum atomic E-state index is -0.245. The van der Waals surface area contributed by atoms with Crippen LogP contribution in [-0.2, 0) is 9.53 Å². The Balaban J connectivity index is 2.34. The highest BCUT2D eigenvalue weighted by Gasteiger charge is 2.02. The standard InChI is InChI=1S/C12H16O4/c1-3-15-12(13)7-8-16-11-6-4-5-10(9-11)14-2/h4-6,9H,3,7-8H2,1-2H3. The molecule has 0 spiro atoms. The quantitative estimate of drug-likeness (QED) is 0.693. The number of hydrogen-bond acceptors (Lipinski definition) is 4. The van der Waals surface area contributed by atoms with E-state index in [4.69, 9.17) is 14.2 Å². The molecular weight excluding hydrogens is 208 g/mol. The molecule has 0 aromatic heterocycles. The van der Waals surface area contributed by atoms with E-state index in [0.29, 0.717) is 19.0 Å². The molecule has 88 valence electrons. The van der Waals surface area contributed by atoms with Gasteiger partial charge in [-0.25, -0.2) is 0 Å². The van der Waals surface area contributed by atoms with Crippen molar-refractivity contribution in [3.8, 4) is 11.5 Å². The van der Waals surface area contributed by atoms with E-state index in [9.17, 15) is 4.79 Å². The predicted molar refractivity (Wildman–Crippen MR) is 59.7 cm³/mol. The number of benzene rings is 1. The molecule has 0 N–H and O–H groups in total. The summed E-state index contributed by atoms with van der Waals surface area (Å²) in [6, 6.07) is 7.25. The molecule has 16 heavy (non-hydrogen) atoms. The van der Waals surface area contributed by atoms with Crippen LogP contribution in [0.15, 0.2) is 24.3 Å². The SMILES string of the molecule is CCOC(=O)CCOc1cccc(OC)c1. The Bertz CT molecular complexity index is 336. The Morgan fingerprint density at radius 2 is 2.06 bits per heavy atom. The fraction of sp³-hybridized carbons (Fsp3) is 0.417. The fourth-order valence-electron chi connectivity index (χ4n) is 1.18. The molecule has 0 atom stereocenters. The smallest absolute Gasteiger partial charge is 0.309 e. The van der Waals surface area contributed by atoms with E-state index in [-0.39, 0.29) is 12.4 Å². The topological polar surface area (TPSA) is 44.8 Å². The van der Waals surface area contributed by atoms with E-state index in [2.05, 4.69) is 0 Å². The van der Waals surface area contributed by atoms with Crippen LogP contribution in [0.3, 0.4) is 0 Å². The zero-order chi connectivity index (χ0) is 11.8. The fourth-order valence-corrected chi connectivity index (χ4v) is 1.18. The van der Waals surface area contributed by atoms with Crippen LogP contribution in [0.25, 0.3) is 0 Å². The van der Waals surface area contributed by atoms with Crippen molar-refractivity contribution in [3.63, 3.8) is 0 Å². The van der Waals surface area contributed by atoms with Crippen molar-refractivity contribution >= 4 is 5.97 Å². The van der Waals surface area contributed by atoms with Crippen LogP contribution < -0.4 is 9.47 Å². The molecule has 0 bridgehead atoms. The van der Waals surface area contributed by atoms with Crippen molar-refractivity contribution in [1.29, 1.82) is 0 Å². The summed E-state index contributed by atoms with van der Waals surface area (Å²) in [5.74, 6) is 1.17. The third kappa shape index (κ3) is 4.21. The average Bonchev–Trinajstić information content (AvgIpc) is 2.30. The molecule has 0 radical (unpaired) electrons. The highest BCUT2D eigenvalue weighted by Crippen LogP contribution is 2.18. The summed E-state index contributed by atoms with van der Waals surface area (Å²) in [7, 11) is 1.59. The van der Waals surface area contributed by atoms with Gasteiger partial charge in [-0.05, 0) is 19.1 Å². The van der Waals surface area contributed by atoms with Gasteiger partial charge in [-0.2, -0.15) is 0 Å². The highest BCUT2D eigenvalue weighted by molar-refractivity contribution is 5.69. The van der Waals surface area contributed by atoms with Gasteiger partial charge in [0.25, 0.3) is 0 Å². The Morgan fingerprint density at radius 1 is 1.31 bits per heavy atom. The van der Waals surface area contributed by atoms with Crippen molar-refractivity contribution in [2.45, 2.75) is 13.3 Å². The molecule has 0 saturated heterocycles. The number of carbonyl (C=O) groups excluding carboxylic acids is 1. The van der Waals surface area contributed by atoms with Gasteiger partial charge in [0, 0.05) is 6.07 Å². The number of methoxy groups -OCH3 is 1. The average molecular weight is 224 g/mol. The van der Waals surface area contributed by atoms with Crippen molar-refractivity contribution in [2.24, 2.45) is 0 Å². The van der Waals surface area contributed by atoms with Crippen molar-refractivity contribution < 1.29 is 19.0 Å². The lowest BCUT2D eigenvalue weighted by molar-refractivity contribution is -0.143. The lowest BCUT2D eigenvalue weighted by Crippen LogP contribution is -2.09. The maximum Gasteiger partial charge on any atom is 0.309 e. The maximum atomic E-state index is 11.0. The van der Waals surface area contributed by atoms with Gasteiger partial charge >= 0.3 is 5.97 Å². The van der Waals surface area contributed by atoms with E-state index >= 15 is 0 Å². The first-order chi connectivity index (χ1) is 7.76. The van der Waals surface area contributed by atoms with E-state index in [1.165, 1.54) is 0 Å². The molecule has 0 unspecified atom stereocenters. The number of hydrogen-bond donors (Lipinski definition) is 0. The van der Waals surface area contributed by atoms with Crippen LogP contribution in [0.2, 0.25) is 0 Å². The third-order valence-electron chi connectivity index (χ3n) is 1.92. The minimum absolute atomic E-state index is 0.245. The summed E-state index contributed by atoms with van der Waals surface area (Å²) in [6.07, 6.45) is 0.255. The van der Waals surface area contributed by atoms with E-state index in [0.717, 1.165) is 5.75 Å². The summed E-state index contributed by atoms with van der Waals surface area (Å²) in [6.45, 7) is 2.49. The second-order valence-electron chi connectivity index (χ2n) is 3.08. The second kappa shape index (κ2) is 6.71. The monoisotopic (exact) mass is 224 g/mol. The van der Waals surface area contributed by atoms with Crippen LogP contribution in [0.1, 0.15) is 13.3 Å². The predicted octanol–water partition coefficient (Wildman–Crippen LogP) is 2.03. The minimum Gasteiger partial charge on any atom is -0.497 e. The number of ether oxygens (including phenoxy) is 3. The molecule has 1 aromatic rings. The zero-order valence-electron chi connectivity index (χ0n) is 9.56. The molecule has 1 aromatic carbocycles. The molecular formula is C12H16O4. The summed E-state index contributed by atoms with van der Waals surface area (Å²) in [5.41, 5.74) is 0. The maximum absolute atomic E-state index is 11.0. The number of carbonyl (C=O) groups is 1. The van der Waals surface area contributed by atoms with Gasteiger partial charge in [-0.1, -0.05) is 6.07 Å². The lowest BCUT2D eigenvalue weighted by Gasteiger charge is -2.07. The second-order valence-corrected chi connectivity index (χ2v) is 3.08. The molecule has 0 heterocycles. The summed E-state index contributed by atoms with van der Waals surface area (Å²) in [5, 5.41) is 0. The first-order valence-electron chi connectivity index (χ1n) is 5.18. The van der Waals surface area contributed by atoms with Crippen LogP contribution >= 0.6 is 0 Å². The lowest BCUT2D eigenvalue weighted by atomic mass is 10.3. The molecule has 0 aliphatic carbocycles. The van der Waals surface area contributed by atoms with Gasteiger partial charge in [-0.3, -0.25) is 4.79 Å². The van der Waals surface area contributed by atoms with Gasteiger partial charge in [0.15, 0.2) is 0 Å². The highest BCUT2D eigenvalue weighted by atomic mass is 16.5. The van der Waals surface area contributed by atoms with Gasteiger partial charge in [0.1, 0.15) is 11.5 Å². The van der Waals surface area contributed by atoms with Crippen LogP contribution in [0, 0.1) is 0 Å². The third-order valence-corrected chi connectivity index (χ3v) is 1.92. The van der Waals surface area contributed by atoms with Crippen LogP contribution in [0.5, 0.6) is 11.5 Å². The van der Waals surface area contributed by atoms with Gasteiger partial charge < -0.3 is 14.2 Å². The number of esters is 1. The Kier molecular flexibility index (Phi) is 5.19. The van der Waals surface area contributed by atoms with Crippen LogP contribution in [-0.4, -0.2) is 26.3 Å². The summed E-state index contributed by atoms with van der Waals surface area (Å²) >= 11 is 0. The van der Waals surface area contributed by atoms with Gasteiger partial charge in [-0.15, -0.1) is 0 Å². The Hall–Kier alpha value is -1.71. The van der Waals surface area contributed by atoms with Gasteiger partial charge in [0.05, 0.1) is 26.7 Å². The molecule has 0 aliphatic rings. The van der Waals surface area contributed by atoms with E-state index in [1.807, 2.05) is 18.2 Å². The van der Waals surface area contributed by atoms with E-state index in [1.54, 1.807) is 20.1 Å². The molecule has 4 nitrogen and oxygen atoms in total. The molecule has 0 saturated carbocycles. The normalized spacial score (nSPS) is 9.62. The van der Waals surface area contributed by atoms with Crippen molar-refractivity contribution in [2.75, 3.05) is 20.3 Å². The first-order valence-corrected chi connectivity index (χ1v) is 5.18. The number of rotatable bonds is 6. The summed E-state index contributed by atoms with van der Waals surface area (Å²) in [4.78, 5) is 11.0. The molecule has 0 aliphatic heterocycles. The first kappa shape index (κ1) is 12.4. The molecule has 0 fully saturated rings. The Morgan fingerprint density at radius 3 is 2.75 bits per heavy atom. The zero-order valence-corrected chi connectivity index (χ0v) is 9.56. The Labute approximate surface area is 95.1 Å². The largest absolute Gasteiger partial charge is 0.497 e. The molecule has 4 heteroatoms. The van der Waals surface area contributed by atoms with Crippen molar-refractivity contribution in [3.05, 3.63) is 24.3 Å².